The third-order valence-electron chi connectivity index (χ3n) is 4.86. The summed E-state index contributed by atoms with van der Waals surface area (Å²) in [6.07, 6.45) is 2.84. The van der Waals surface area contributed by atoms with Gasteiger partial charge in [-0.15, -0.1) is 0 Å². The summed E-state index contributed by atoms with van der Waals surface area (Å²) in [6, 6.07) is 15.9. The lowest BCUT2D eigenvalue weighted by atomic mass is 10.1. The number of nitrogens with zero attached hydrogens (tertiary/aromatic N) is 3. The average molecular weight is 374 g/mol. The van der Waals surface area contributed by atoms with Crippen molar-refractivity contribution in [1.82, 2.24) is 19.9 Å². The van der Waals surface area contributed by atoms with Crippen LogP contribution in [-0.2, 0) is 19.4 Å². The van der Waals surface area contributed by atoms with Gasteiger partial charge in [0.05, 0.1) is 6.61 Å². The van der Waals surface area contributed by atoms with Gasteiger partial charge in [-0.2, -0.15) is 14.6 Å². The van der Waals surface area contributed by atoms with Gasteiger partial charge in [-0.25, -0.2) is 0 Å². The fourth-order valence-electron chi connectivity index (χ4n) is 3.47. The number of rotatable bonds is 5. The van der Waals surface area contributed by atoms with E-state index in [1.165, 1.54) is 11.9 Å². The normalized spacial score (nSPS) is 12.7. The van der Waals surface area contributed by atoms with Crippen LogP contribution in [0, 0.1) is 0 Å². The van der Waals surface area contributed by atoms with Crippen LogP contribution in [0.25, 0.3) is 5.84 Å². The predicted octanol–water partition coefficient (Wildman–Crippen LogP) is 2.78. The summed E-state index contributed by atoms with van der Waals surface area (Å²) in [7, 11) is 0. The number of fused-ring (bicyclic) bond motifs is 2. The molecular weight excluding hydrogens is 356 g/mol. The highest BCUT2D eigenvalue weighted by Gasteiger charge is 2.22. The van der Waals surface area contributed by atoms with E-state index in [9.17, 15) is 4.79 Å². The summed E-state index contributed by atoms with van der Waals surface area (Å²) in [5.74, 6) is 1.20. The standard InChI is InChI=1S/C21H18N4O3/c26-20(22-12-15-6-7-18-16(10-15)8-9-27-18)19-17(11-14-4-2-1-3-5-14)25-21(28-19)23-13-24-25/h1-7,10,13H,8-9,11-12H2,(H,22,26). The molecule has 28 heavy (non-hydrogen) atoms. The van der Waals surface area contributed by atoms with Gasteiger partial charge in [0.2, 0.25) is 5.76 Å². The zero-order valence-corrected chi connectivity index (χ0v) is 15.1. The smallest absolute Gasteiger partial charge is 0.325 e. The Morgan fingerprint density at radius 2 is 2.04 bits per heavy atom. The van der Waals surface area contributed by atoms with Crippen molar-refractivity contribution in [2.45, 2.75) is 19.4 Å². The third-order valence-corrected chi connectivity index (χ3v) is 4.86. The summed E-state index contributed by atoms with van der Waals surface area (Å²) >= 11 is 0. The lowest BCUT2D eigenvalue weighted by Crippen LogP contribution is -2.24. The molecule has 7 nitrogen and oxygen atoms in total. The molecule has 5 rings (SSSR count). The van der Waals surface area contributed by atoms with E-state index in [-0.39, 0.29) is 11.7 Å². The molecule has 1 aliphatic heterocycles. The second-order valence-electron chi connectivity index (χ2n) is 6.72. The molecular formula is C21H18N4O3. The molecule has 1 N–H and O–H groups in total. The lowest BCUT2D eigenvalue weighted by Gasteiger charge is -2.07. The maximum absolute atomic E-state index is 12.8. The topological polar surface area (TPSA) is 81.7 Å². The number of nitrogens with one attached hydrogen (secondary N) is 1. The van der Waals surface area contributed by atoms with Crippen LogP contribution >= 0.6 is 0 Å². The molecule has 0 aliphatic carbocycles. The highest BCUT2D eigenvalue weighted by molar-refractivity contribution is 5.93. The Kier molecular flexibility index (Phi) is 4.05. The number of hydrogen-bond acceptors (Lipinski definition) is 5. The molecule has 3 heterocycles. The molecule has 2 aromatic carbocycles. The first-order chi connectivity index (χ1) is 13.8. The van der Waals surface area contributed by atoms with Crippen molar-refractivity contribution in [2.75, 3.05) is 6.61 Å². The van der Waals surface area contributed by atoms with Crippen LogP contribution in [-0.4, -0.2) is 27.1 Å². The molecule has 0 unspecified atom stereocenters. The van der Waals surface area contributed by atoms with E-state index in [1.54, 1.807) is 4.52 Å². The van der Waals surface area contributed by atoms with E-state index in [0.717, 1.165) is 23.3 Å². The largest absolute Gasteiger partial charge is 0.493 e. The Bertz CT molecular complexity index is 1150. The van der Waals surface area contributed by atoms with Gasteiger partial charge in [0.25, 0.3) is 5.91 Å². The zero-order valence-electron chi connectivity index (χ0n) is 15.1. The first-order valence-electron chi connectivity index (χ1n) is 9.16. The molecule has 140 valence electrons. The monoisotopic (exact) mass is 374 g/mol. The second kappa shape index (κ2) is 6.84. The molecule has 0 spiro atoms. The lowest BCUT2D eigenvalue weighted by molar-refractivity contribution is 0.0923. The minimum Gasteiger partial charge on any atom is -0.493 e. The van der Waals surface area contributed by atoms with E-state index in [0.29, 0.717) is 31.1 Å². The fourth-order valence-corrected chi connectivity index (χ4v) is 3.47. The predicted molar refractivity (Wildman–Crippen MR) is 101 cm³/mol. The summed E-state index contributed by atoms with van der Waals surface area (Å²) in [4.78, 5) is 16.9. The Balaban J connectivity index is 1.38. The van der Waals surface area contributed by atoms with Gasteiger partial charge in [-0.3, -0.25) is 4.79 Å². The molecule has 2 aromatic heterocycles. The molecule has 0 saturated carbocycles. The SMILES string of the molecule is O=C(NCc1ccc2c(c1)CCO2)c1oc2ncnn2c1Cc1ccccc1. The first kappa shape index (κ1) is 16.6. The molecule has 4 aromatic rings. The summed E-state index contributed by atoms with van der Waals surface area (Å²) < 4.78 is 12.8. The molecule has 1 aliphatic rings. The highest BCUT2D eigenvalue weighted by atomic mass is 16.5. The number of hydrogen-bond donors (Lipinski definition) is 1. The van der Waals surface area contributed by atoms with Crippen molar-refractivity contribution in [1.29, 1.82) is 0 Å². The number of oxazole rings is 1. The van der Waals surface area contributed by atoms with Crippen molar-refractivity contribution in [3.05, 3.63) is 83.0 Å². The Morgan fingerprint density at radius 1 is 1.14 bits per heavy atom. The van der Waals surface area contributed by atoms with Gasteiger partial charge in [-0.1, -0.05) is 42.5 Å². The van der Waals surface area contributed by atoms with Crippen LogP contribution in [0.15, 0.2) is 59.3 Å². The quantitative estimate of drug-likeness (QED) is 0.581. The van der Waals surface area contributed by atoms with Crippen LogP contribution in [0.3, 0.4) is 0 Å². The van der Waals surface area contributed by atoms with E-state index in [1.807, 2.05) is 42.5 Å². The van der Waals surface area contributed by atoms with Crippen molar-refractivity contribution < 1.29 is 13.9 Å². The van der Waals surface area contributed by atoms with Crippen molar-refractivity contribution >= 4 is 11.8 Å². The second-order valence-corrected chi connectivity index (χ2v) is 6.72. The van der Waals surface area contributed by atoms with Crippen molar-refractivity contribution in [3.63, 3.8) is 0 Å². The van der Waals surface area contributed by atoms with Crippen LogP contribution in [0.1, 0.15) is 32.9 Å². The van der Waals surface area contributed by atoms with Crippen molar-refractivity contribution in [2.24, 2.45) is 0 Å². The molecule has 0 bridgehead atoms. The van der Waals surface area contributed by atoms with Crippen molar-refractivity contribution in [3.8, 4) is 5.75 Å². The van der Waals surface area contributed by atoms with E-state index in [2.05, 4.69) is 21.5 Å². The minimum absolute atomic E-state index is 0.240. The summed E-state index contributed by atoms with van der Waals surface area (Å²) in [6.45, 7) is 1.13. The minimum atomic E-state index is -0.282. The van der Waals surface area contributed by atoms with Crippen LogP contribution in [0.5, 0.6) is 5.75 Å². The van der Waals surface area contributed by atoms with Gasteiger partial charge >= 0.3 is 5.84 Å². The van der Waals surface area contributed by atoms with E-state index < -0.39 is 0 Å². The van der Waals surface area contributed by atoms with Crippen LogP contribution in [0.4, 0.5) is 0 Å². The Hall–Kier alpha value is -3.61. The molecule has 0 radical (unpaired) electrons. The van der Waals surface area contributed by atoms with E-state index in [4.69, 9.17) is 9.15 Å². The Labute approximate surface area is 161 Å². The van der Waals surface area contributed by atoms with Gasteiger partial charge in [0.1, 0.15) is 17.8 Å². The van der Waals surface area contributed by atoms with Gasteiger partial charge in [0.15, 0.2) is 0 Å². The zero-order chi connectivity index (χ0) is 18.9. The number of carbonyl (C=O) groups is 1. The van der Waals surface area contributed by atoms with Gasteiger partial charge in [0, 0.05) is 19.4 Å². The number of ether oxygens (including phenoxy) is 1. The molecule has 1 amide bonds. The maximum Gasteiger partial charge on any atom is 0.325 e. The van der Waals surface area contributed by atoms with Gasteiger partial charge < -0.3 is 14.5 Å². The van der Waals surface area contributed by atoms with Gasteiger partial charge in [-0.05, 0) is 22.8 Å². The number of amides is 1. The number of carbonyl (C=O) groups excluding carboxylic acids is 1. The maximum atomic E-state index is 12.8. The van der Waals surface area contributed by atoms with Crippen LogP contribution in [0.2, 0.25) is 0 Å². The molecule has 0 fully saturated rings. The number of aromatic nitrogens is 3. The molecule has 0 saturated heterocycles. The molecule has 0 atom stereocenters. The summed E-state index contributed by atoms with van der Waals surface area (Å²) in [5, 5.41) is 7.13. The first-order valence-corrected chi connectivity index (χ1v) is 9.16. The summed E-state index contributed by atoms with van der Waals surface area (Å²) in [5.41, 5.74) is 3.95. The molecule has 7 heteroatoms. The third kappa shape index (κ3) is 3.00. The van der Waals surface area contributed by atoms with E-state index >= 15 is 0 Å². The fraction of sp³-hybridized carbons (Fsp3) is 0.190. The Morgan fingerprint density at radius 3 is 2.93 bits per heavy atom. The average Bonchev–Trinajstić information content (AvgIpc) is 3.44. The number of benzene rings is 2. The van der Waals surface area contributed by atoms with Crippen LogP contribution < -0.4 is 10.1 Å². The highest BCUT2D eigenvalue weighted by Crippen LogP contribution is 2.26.